The van der Waals surface area contributed by atoms with Gasteiger partial charge in [0.1, 0.15) is 5.75 Å². The van der Waals surface area contributed by atoms with Gasteiger partial charge in [0.05, 0.1) is 18.2 Å². The normalized spacial score (nSPS) is 10.3. The summed E-state index contributed by atoms with van der Waals surface area (Å²) < 4.78 is 12.7. The fourth-order valence-corrected chi connectivity index (χ4v) is 2.46. The molecule has 0 N–H and O–H groups in total. The van der Waals surface area contributed by atoms with Crippen molar-refractivity contribution in [3.05, 3.63) is 52.8 Å². The van der Waals surface area contributed by atoms with Crippen molar-refractivity contribution in [2.24, 2.45) is 0 Å². The topological polar surface area (TPSA) is 64.2 Å². The largest absolute Gasteiger partial charge is 0.485 e. The highest BCUT2D eigenvalue weighted by atomic mass is 16.5. The molecular formula is C18H20N2O3. The molecule has 2 rings (SSSR count). The molecule has 1 heterocycles. The Labute approximate surface area is 136 Å². The predicted octanol–water partition coefficient (Wildman–Crippen LogP) is 2.88. The molecule has 1 aromatic heterocycles. The number of carbonyl (C=O) groups is 1. The van der Waals surface area contributed by atoms with Gasteiger partial charge >= 0.3 is 0 Å². The number of Topliss-reactive ketones (excluding diaryl/α,β-unsaturated/α-hetero) is 1. The molecule has 0 aliphatic heterocycles. The number of rotatable bonds is 7. The molecule has 0 saturated heterocycles. The molecule has 0 atom stereocenters. The van der Waals surface area contributed by atoms with E-state index < -0.39 is 0 Å². The zero-order valence-corrected chi connectivity index (χ0v) is 13.6. The number of aryl methyl sites for hydroxylation is 1. The van der Waals surface area contributed by atoms with Crippen molar-refractivity contribution in [3.8, 4) is 11.8 Å². The van der Waals surface area contributed by atoms with E-state index in [0.29, 0.717) is 23.5 Å². The zero-order chi connectivity index (χ0) is 16.8. The van der Waals surface area contributed by atoms with E-state index in [1.807, 2.05) is 26.0 Å². The molecule has 0 bridgehead atoms. The van der Waals surface area contributed by atoms with Crippen LogP contribution in [0.3, 0.4) is 0 Å². The van der Waals surface area contributed by atoms with Gasteiger partial charge in [0, 0.05) is 30.6 Å². The van der Waals surface area contributed by atoms with Gasteiger partial charge in [0.2, 0.25) is 5.78 Å². The van der Waals surface area contributed by atoms with Crippen LogP contribution in [0.4, 0.5) is 0 Å². The maximum absolute atomic E-state index is 12.4. The van der Waals surface area contributed by atoms with Crippen molar-refractivity contribution < 1.29 is 14.3 Å². The molecule has 0 fully saturated rings. The van der Waals surface area contributed by atoms with Crippen molar-refractivity contribution in [1.29, 1.82) is 5.26 Å². The second-order valence-corrected chi connectivity index (χ2v) is 5.28. The number of hydrogen-bond acceptors (Lipinski definition) is 4. The molecule has 23 heavy (non-hydrogen) atoms. The minimum Gasteiger partial charge on any atom is -0.485 e. The van der Waals surface area contributed by atoms with E-state index in [-0.39, 0.29) is 12.4 Å². The van der Waals surface area contributed by atoms with Crippen LogP contribution in [0, 0.1) is 25.2 Å². The Morgan fingerprint density at radius 3 is 2.57 bits per heavy atom. The van der Waals surface area contributed by atoms with Crippen LogP contribution in [0.25, 0.3) is 0 Å². The monoisotopic (exact) mass is 312 g/mol. The lowest BCUT2D eigenvalue weighted by Crippen LogP contribution is -2.13. The summed E-state index contributed by atoms with van der Waals surface area (Å²) in [5.74, 6) is 0.511. The van der Waals surface area contributed by atoms with Gasteiger partial charge in [-0.25, -0.2) is 0 Å². The standard InChI is InChI=1S/C18H20N2O3/c1-13-10-17(14(2)20(13)8-9-22-3)18(21)12-23-16-6-4-15(11-19)5-7-16/h4-7,10H,8-9,12H2,1-3H3. The van der Waals surface area contributed by atoms with E-state index in [1.165, 1.54) is 0 Å². The summed E-state index contributed by atoms with van der Waals surface area (Å²) in [6.45, 7) is 5.20. The number of nitriles is 1. The Morgan fingerprint density at radius 1 is 1.26 bits per heavy atom. The number of carbonyl (C=O) groups excluding carboxylic acids is 1. The number of methoxy groups -OCH3 is 1. The average molecular weight is 312 g/mol. The molecule has 0 spiro atoms. The van der Waals surface area contributed by atoms with Crippen molar-refractivity contribution in [2.75, 3.05) is 20.3 Å². The lowest BCUT2D eigenvalue weighted by atomic mass is 10.1. The molecule has 0 aliphatic rings. The molecule has 0 aliphatic carbocycles. The third kappa shape index (κ3) is 3.99. The van der Waals surface area contributed by atoms with Crippen LogP contribution in [0.5, 0.6) is 5.75 Å². The van der Waals surface area contributed by atoms with E-state index in [2.05, 4.69) is 4.57 Å². The van der Waals surface area contributed by atoms with Gasteiger partial charge in [0.15, 0.2) is 6.61 Å². The van der Waals surface area contributed by atoms with Gasteiger partial charge in [-0.2, -0.15) is 5.26 Å². The highest BCUT2D eigenvalue weighted by molar-refractivity contribution is 5.98. The highest BCUT2D eigenvalue weighted by Gasteiger charge is 2.16. The fraction of sp³-hybridized carbons (Fsp3) is 0.333. The quantitative estimate of drug-likeness (QED) is 0.737. The van der Waals surface area contributed by atoms with Crippen molar-refractivity contribution in [2.45, 2.75) is 20.4 Å². The number of aromatic nitrogens is 1. The molecule has 5 nitrogen and oxygen atoms in total. The molecule has 5 heteroatoms. The molecule has 0 saturated carbocycles. The Morgan fingerprint density at radius 2 is 1.96 bits per heavy atom. The van der Waals surface area contributed by atoms with Gasteiger partial charge in [0.25, 0.3) is 0 Å². The summed E-state index contributed by atoms with van der Waals surface area (Å²) in [6.07, 6.45) is 0. The Hall–Kier alpha value is -2.58. The van der Waals surface area contributed by atoms with Gasteiger partial charge < -0.3 is 14.0 Å². The predicted molar refractivity (Wildman–Crippen MR) is 86.8 cm³/mol. The molecular weight excluding hydrogens is 292 g/mol. The number of nitrogens with zero attached hydrogens (tertiary/aromatic N) is 2. The smallest absolute Gasteiger partial charge is 0.202 e. The Kier molecular flexibility index (Phi) is 5.56. The third-order valence-electron chi connectivity index (χ3n) is 3.75. The number of ketones is 1. The second-order valence-electron chi connectivity index (χ2n) is 5.28. The van der Waals surface area contributed by atoms with E-state index in [1.54, 1.807) is 31.4 Å². The molecule has 0 amide bonds. The second kappa shape index (κ2) is 7.61. The minimum atomic E-state index is -0.0638. The third-order valence-corrected chi connectivity index (χ3v) is 3.75. The zero-order valence-electron chi connectivity index (χ0n) is 13.6. The lowest BCUT2D eigenvalue weighted by Gasteiger charge is -2.09. The average Bonchev–Trinajstić information content (AvgIpc) is 2.85. The van der Waals surface area contributed by atoms with Gasteiger partial charge in [-0.05, 0) is 44.2 Å². The maximum atomic E-state index is 12.4. The lowest BCUT2D eigenvalue weighted by molar-refractivity contribution is 0.0920. The van der Waals surface area contributed by atoms with Gasteiger partial charge in [-0.1, -0.05) is 0 Å². The van der Waals surface area contributed by atoms with Crippen LogP contribution in [-0.2, 0) is 11.3 Å². The van der Waals surface area contributed by atoms with E-state index in [0.717, 1.165) is 17.9 Å². The molecule has 120 valence electrons. The summed E-state index contributed by atoms with van der Waals surface area (Å²) >= 11 is 0. The van der Waals surface area contributed by atoms with Crippen molar-refractivity contribution >= 4 is 5.78 Å². The first-order valence-corrected chi connectivity index (χ1v) is 7.38. The molecule has 2 aromatic rings. The minimum absolute atomic E-state index is 0.0273. The van der Waals surface area contributed by atoms with Crippen LogP contribution in [0.15, 0.2) is 30.3 Å². The Bertz CT molecular complexity index is 724. The van der Waals surface area contributed by atoms with Crippen LogP contribution >= 0.6 is 0 Å². The number of hydrogen-bond donors (Lipinski definition) is 0. The summed E-state index contributed by atoms with van der Waals surface area (Å²) in [6, 6.07) is 10.6. The first-order chi connectivity index (χ1) is 11.1. The summed E-state index contributed by atoms with van der Waals surface area (Å²) in [7, 11) is 1.66. The Balaban J connectivity index is 2.04. The summed E-state index contributed by atoms with van der Waals surface area (Å²) in [5.41, 5.74) is 3.19. The van der Waals surface area contributed by atoms with Crippen LogP contribution in [-0.4, -0.2) is 30.7 Å². The van der Waals surface area contributed by atoms with Crippen molar-refractivity contribution in [3.63, 3.8) is 0 Å². The maximum Gasteiger partial charge on any atom is 0.202 e. The number of ether oxygens (including phenoxy) is 2. The van der Waals surface area contributed by atoms with Gasteiger partial charge in [-0.3, -0.25) is 4.79 Å². The van der Waals surface area contributed by atoms with Crippen LogP contribution < -0.4 is 4.74 Å². The first kappa shape index (κ1) is 16.8. The van der Waals surface area contributed by atoms with Gasteiger partial charge in [-0.15, -0.1) is 0 Å². The molecule has 1 aromatic carbocycles. The summed E-state index contributed by atoms with van der Waals surface area (Å²) in [5, 5.41) is 8.76. The first-order valence-electron chi connectivity index (χ1n) is 7.38. The van der Waals surface area contributed by atoms with Crippen LogP contribution in [0.2, 0.25) is 0 Å². The van der Waals surface area contributed by atoms with E-state index in [9.17, 15) is 4.79 Å². The van der Waals surface area contributed by atoms with E-state index in [4.69, 9.17) is 14.7 Å². The highest BCUT2D eigenvalue weighted by Crippen LogP contribution is 2.17. The fourth-order valence-electron chi connectivity index (χ4n) is 2.46. The molecule has 0 radical (unpaired) electrons. The van der Waals surface area contributed by atoms with Crippen LogP contribution in [0.1, 0.15) is 27.3 Å². The van der Waals surface area contributed by atoms with Crippen molar-refractivity contribution in [1.82, 2.24) is 4.57 Å². The molecule has 0 unspecified atom stereocenters. The number of benzene rings is 1. The SMILES string of the molecule is COCCn1c(C)cc(C(=O)COc2ccc(C#N)cc2)c1C. The van der Waals surface area contributed by atoms with E-state index >= 15 is 0 Å². The summed E-state index contributed by atoms with van der Waals surface area (Å²) in [4.78, 5) is 12.4.